The van der Waals surface area contributed by atoms with Gasteiger partial charge in [0.1, 0.15) is 17.3 Å². The summed E-state index contributed by atoms with van der Waals surface area (Å²) in [4.78, 5) is 4.09. The third-order valence-corrected chi connectivity index (χ3v) is 3.41. The van der Waals surface area contributed by atoms with Crippen molar-refractivity contribution < 1.29 is 22.7 Å². The van der Waals surface area contributed by atoms with E-state index in [2.05, 4.69) is 20.4 Å². The highest BCUT2D eigenvalue weighted by Crippen LogP contribution is 2.26. The number of alkyl halides is 2. The Balaban J connectivity index is 0.00000364. The van der Waals surface area contributed by atoms with Gasteiger partial charge in [0.2, 0.25) is 0 Å². The molecule has 0 saturated heterocycles. The Labute approximate surface area is 174 Å². The molecule has 0 fully saturated rings. The zero-order valence-electron chi connectivity index (χ0n) is 15.2. The topological polar surface area (TPSA) is 68.0 Å². The van der Waals surface area contributed by atoms with Crippen LogP contribution in [0.25, 0.3) is 0 Å². The summed E-state index contributed by atoms with van der Waals surface area (Å²) in [5.74, 6) is 1.83. The number of benzene rings is 1. The molecule has 0 unspecified atom stereocenters. The van der Waals surface area contributed by atoms with E-state index in [0.717, 1.165) is 12.2 Å². The average Bonchev–Trinajstić information content (AvgIpc) is 3.14. The van der Waals surface area contributed by atoms with Crippen molar-refractivity contribution in [3.8, 4) is 11.5 Å². The Morgan fingerprint density at radius 2 is 2.00 bits per heavy atom. The lowest BCUT2D eigenvalue weighted by Crippen LogP contribution is -2.36. The van der Waals surface area contributed by atoms with Gasteiger partial charge in [-0.2, -0.15) is 8.78 Å². The summed E-state index contributed by atoms with van der Waals surface area (Å²) >= 11 is 0. The monoisotopic (exact) mass is 495 g/mol. The Kier molecular flexibility index (Phi) is 10.5. The van der Waals surface area contributed by atoms with E-state index in [4.69, 9.17) is 9.15 Å². The van der Waals surface area contributed by atoms with Gasteiger partial charge in [-0.3, -0.25) is 4.99 Å². The minimum Gasteiger partial charge on any atom is -0.493 e. The zero-order chi connectivity index (χ0) is 18.8. The van der Waals surface area contributed by atoms with Crippen LogP contribution in [0.3, 0.4) is 0 Å². The van der Waals surface area contributed by atoms with E-state index in [-0.39, 0.29) is 36.3 Å². The van der Waals surface area contributed by atoms with Gasteiger partial charge in [0.25, 0.3) is 0 Å². The number of halogens is 3. The van der Waals surface area contributed by atoms with Gasteiger partial charge in [-0.05, 0) is 30.7 Å². The summed E-state index contributed by atoms with van der Waals surface area (Å²) < 4.78 is 40.7. The van der Waals surface area contributed by atoms with Crippen LogP contribution in [0.1, 0.15) is 24.7 Å². The van der Waals surface area contributed by atoms with Gasteiger partial charge >= 0.3 is 6.61 Å². The highest BCUT2D eigenvalue weighted by molar-refractivity contribution is 14.0. The van der Waals surface area contributed by atoms with Gasteiger partial charge in [-0.25, -0.2) is 0 Å². The summed E-state index contributed by atoms with van der Waals surface area (Å²) in [7, 11) is 1.62. The van der Waals surface area contributed by atoms with Crippen LogP contribution in [0.5, 0.6) is 11.5 Å². The maximum absolute atomic E-state index is 12.7. The fourth-order valence-corrected chi connectivity index (χ4v) is 2.18. The van der Waals surface area contributed by atoms with Gasteiger partial charge in [0, 0.05) is 25.2 Å². The number of furan rings is 1. The number of nitrogens with zero attached hydrogens (tertiary/aromatic N) is 1. The molecule has 0 spiro atoms. The van der Waals surface area contributed by atoms with E-state index in [9.17, 15) is 8.78 Å². The first-order valence-electron chi connectivity index (χ1n) is 8.29. The van der Waals surface area contributed by atoms with E-state index in [0.29, 0.717) is 30.4 Å². The molecule has 2 aromatic rings. The Hall–Kier alpha value is -2.04. The average molecular weight is 495 g/mol. The number of nitrogens with one attached hydrogen (secondary N) is 2. The third kappa shape index (κ3) is 8.02. The van der Waals surface area contributed by atoms with Crippen molar-refractivity contribution in [1.82, 2.24) is 10.6 Å². The Morgan fingerprint density at radius 1 is 1.22 bits per heavy atom. The van der Waals surface area contributed by atoms with Gasteiger partial charge in [0.15, 0.2) is 5.96 Å². The highest BCUT2D eigenvalue weighted by Gasteiger charge is 2.12. The van der Waals surface area contributed by atoms with Gasteiger partial charge in [-0.15, -0.1) is 24.0 Å². The smallest absolute Gasteiger partial charge is 0.387 e. The second-order valence-electron chi connectivity index (χ2n) is 5.36. The molecule has 0 radical (unpaired) electrons. The molecule has 150 valence electrons. The fraction of sp³-hybridized carbons (Fsp3) is 0.389. The zero-order valence-corrected chi connectivity index (χ0v) is 17.5. The Morgan fingerprint density at radius 3 is 2.63 bits per heavy atom. The molecule has 9 heteroatoms. The van der Waals surface area contributed by atoms with Crippen LogP contribution < -0.4 is 20.1 Å². The molecule has 2 rings (SSSR count). The molecule has 0 aliphatic heterocycles. The van der Waals surface area contributed by atoms with E-state index >= 15 is 0 Å². The predicted molar refractivity (Wildman–Crippen MR) is 110 cm³/mol. The van der Waals surface area contributed by atoms with Crippen molar-refractivity contribution in [1.29, 1.82) is 0 Å². The summed E-state index contributed by atoms with van der Waals surface area (Å²) in [5, 5.41) is 6.13. The van der Waals surface area contributed by atoms with Crippen LogP contribution in [0, 0.1) is 0 Å². The molecular formula is C18H24F2IN3O3. The number of hydrogen-bond acceptors (Lipinski definition) is 4. The van der Waals surface area contributed by atoms with Crippen molar-refractivity contribution in [3.63, 3.8) is 0 Å². The lowest BCUT2D eigenvalue weighted by molar-refractivity contribution is -0.0505. The van der Waals surface area contributed by atoms with Crippen LogP contribution >= 0.6 is 24.0 Å². The van der Waals surface area contributed by atoms with E-state index < -0.39 is 6.61 Å². The SMILES string of the molecule is CCCOc1ccc(CNC(=NC)NCc2ccco2)c(OC(F)F)c1.I. The predicted octanol–water partition coefficient (Wildman–Crippen LogP) is 4.15. The highest BCUT2D eigenvalue weighted by atomic mass is 127. The quantitative estimate of drug-likeness (QED) is 0.311. The van der Waals surface area contributed by atoms with Crippen LogP contribution in [-0.2, 0) is 13.1 Å². The van der Waals surface area contributed by atoms with Crippen LogP contribution in [0.4, 0.5) is 8.78 Å². The molecule has 6 nitrogen and oxygen atoms in total. The van der Waals surface area contributed by atoms with E-state index in [1.807, 2.05) is 13.0 Å². The minimum absolute atomic E-state index is 0. The molecule has 0 amide bonds. The molecule has 1 aromatic carbocycles. The Bertz CT molecular complexity index is 697. The van der Waals surface area contributed by atoms with E-state index in [1.54, 1.807) is 31.5 Å². The van der Waals surface area contributed by atoms with Gasteiger partial charge in [0.05, 0.1) is 19.4 Å². The van der Waals surface area contributed by atoms with Crippen molar-refractivity contribution >= 4 is 29.9 Å². The first-order valence-corrected chi connectivity index (χ1v) is 8.29. The summed E-state index contributed by atoms with van der Waals surface area (Å²) in [6.07, 6.45) is 2.41. The largest absolute Gasteiger partial charge is 0.493 e. The van der Waals surface area contributed by atoms with Crippen molar-refractivity contribution in [2.45, 2.75) is 33.0 Å². The van der Waals surface area contributed by atoms with Crippen molar-refractivity contribution in [2.75, 3.05) is 13.7 Å². The van der Waals surface area contributed by atoms with Crippen LogP contribution in [0.15, 0.2) is 46.0 Å². The molecule has 0 saturated carbocycles. The number of aliphatic imine (C=N–C) groups is 1. The fourth-order valence-electron chi connectivity index (χ4n) is 2.18. The van der Waals surface area contributed by atoms with Gasteiger partial charge < -0.3 is 24.5 Å². The summed E-state index contributed by atoms with van der Waals surface area (Å²) in [6.45, 7) is 0.280. The number of ether oxygens (including phenoxy) is 2. The maximum Gasteiger partial charge on any atom is 0.387 e. The molecule has 1 aromatic heterocycles. The standard InChI is InChI=1S/C18H23F2N3O3.HI/c1-3-8-24-14-7-6-13(16(10-14)26-17(19)20)11-22-18(21-2)23-12-15-5-4-9-25-15;/h4-7,9-10,17H,3,8,11-12H2,1-2H3,(H2,21,22,23);1H. The molecule has 0 atom stereocenters. The first-order chi connectivity index (χ1) is 12.6. The van der Waals surface area contributed by atoms with Crippen molar-refractivity contribution in [3.05, 3.63) is 47.9 Å². The minimum atomic E-state index is -2.91. The summed E-state index contributed by atoms with van der Waals surface area (Å²) in [6, 6.07) is 8.52. The number of rotatable bonds is 9. The number of guanidine groups is 1. The third-order valence-electron chi connectivity index (χ3n) is 3.41. The molecule has 27 heavy (non-hydrogen) atoms. The van der Waals surface area contributed by atoms with Crippen molar-refractivity contribution in [2.24, 2.45) is 4.99 Å². The van der Waals surface area contributed by atoms with Gasteiger partial charge in [-0.1, -0.05) is 6.92 Å². The first kappa shape index (κ1) is 23.0. The molecule has 0 aliphatic rings. The molecule has 0 aliphatic carbocycles. The maximum atomic E-state index is 12.7. The normalized spacial score (nSPS) is 11.1. The second-order valence-corrected chi connectivity index (χ2v) is 5.36. The second kappa shape index (κ2) is 12.4. The lowest BCUT2D eigenvalue weighted by atomic mass is 10.2. The lowest BCUT2D eigenvalue weighted by Gasteiger charge is -2.15. The molecule has 0 bridgehead atoms. The van der Waals surface area contributed by atoms with Crippen LogP contribution in [-0.4, -0.2) is 26.2 Å². The summed E-state index contributed by atoms with van der Waals surface area (Å²) in [5.41, 5.74) is 0.565. The molecular weight excluding hydrogens is 471 g/mol. The molecule has 1 heterocycles. The molecule has 2 N–H and O–H groups in total. The van der Waals surface area contributed by atoms with Crippen LogP contribution in [0.2, 0.25) is 0 Å². The van der Waals surface area contributed by atoms with E-state index in [1.165, 1.54) is 6.07 Å². The number of hydrogen-bond donors (Lipinski definition) is 2.